The van der Waals surface area contributed by atoms with Crippen LogP contribution < -0.4 is 30.7 Å². The fraction of sp³-hybridized carbons (Fsp3) is 0.318. The van der Waals surface area contributed by atoms with E-state index in [-0.39, 0.29) is 11.2 Å². The molecular weight excluding hydrogens is 406 g/mol. The predicted molar refractivity (Wildman–Crippen MR) is 112 cm³/mol. The molecule has 31 heavy (non-hydrogen) atoms. The van der Waals surface area contributed by atoms with E-state index in [0.29, 0.717) is 39.5 Å². The van der Waals surface area contributed by atoms with Crippen molar-refractivity contribution in [3.05, 3.63) is 44.6 Å². The molecule has 0 saturated heterocycles. The van der Waals surface area contributed by atoms with Crippen molar-refractivity contribution in [3.8, 4) is 11.5 Å². The number of ether oxygens (including phenoxy) is 2. The third kappa shape index (κ3) is 4.04. The van der Waals surface area contributed by atoms with E-state index in [1.165, 1.54) is 19.1 Å². The molecule has 9 heteroatoms. The van der Waals surface area contributed by atoms with Crippen molar-refractivity contribution in [1.82, 2.24) is 0 Å². The van der Waals surface area contributed by atoms with Crippen LogP contribution in [-0.4, -0.2) is 40.8 Å². The molecule has 2 aromatic heterocycles. The average molecular weight is 429 g/mol. The van der Waals surface area contributed by atoms with Gasteiger partial charge in [0.05, 0.1) is 45.6 Å². The fourth-order valence-electron chi connectivity index (χ4n) is 3.54. The Morgan fingerprint density at radius 2 is 1.55 bits per heavy atom. The van der Waals surface area contributed by atoms with Crippen molar-refractivity contribution in [2.45, 2.75) is 13.3 Å². The van der Waals surface area contributed by atoms with Gasteiger partial charge in [-0.25, -0.2) is 9.59 Å². The van der Waals surface area contributed by atoms with Gasteiger partial charge in [0.1, 0.15) is 0 Å². The summed E-state index contributed by atoms with van der Waals surface area (Å²) in [5.41, 5.74) is 0.279. The Morgan fingerprint density at radius 1 is 0.968 bits per heavy atom. The normalized spacial score (nSPS) is 11.2. The summed E-state index contributed by atoms with van der Waals surface area (Å²) in [5, 5.41) is 10.7. The summed E-state index contributed by atoms with van der Waals surface area (Å²) >= 11 is 0. The number of likely N-dealkylation sites (N-methyl/N-ethyl adjacent to an activating group) is 1. The topological polar surface area (TPSA) is 123 Å². The van der Waals surface area contributed by atoms with Gasteiger partial charge in [0.2, 0.25) is 0 Å². The van der Waals surface area contributed by atoms with Crippen LogP contribution in [0.15, 0.2) is 36.6 Å². The smallest absolute Gasteiger partial charge is 0.344 e. The molecule has 0 aliphatic heterocycles. The maximum Gasteiger partial charge on any atom is 0.344 e. The van der Waals surface area contributed by atoms with Crippen molar-refractivity contribution >= 4 is 38.7 Å². The van der Waals surface area contributed by atoms with Crippen LogP contribution in [0.4, 0.5) is 0 Å². The van der Waals surface area contributed by atoms with E-state index in [0.717, 1.165) is 19.0 Å². The number of carboxylic acids is 1. The fourth-order valence-corrected chi connectivity index (χ4v) is 3.54. The number of benzene rings is 2. The highest BCUT2D eigenvalue weighted by atomic mass is 16.5. The first kappa shape index (κ1) is 22.1. The molecule has 4 aromatic rings. The number of nitrogens with one attached hydrogen (secondary N) is 1. The van der Waals surface area contributed by atoms with Crippen LogP contribution in [0.1, 0.15) is 12.5 Å². The Bertz CT molecular complexity index is 1360. The molecule has 4 rings (SSSR count). The highest BCUT2D eigenvalue weighted by Crippen LogP contribution is 2.40. The number of carbonyl (C=O) groups is 1. The zero-order chi connectivity index (χ0) is 22.9. The minimum Gasteiger partial charge on any atom is -0.550 e. The number of carboxylic acid groups (broad SMARTS) is 1. The minimum atomic E-state index is -1.08. The Balaban J connectivity index is 0.000000628. The van der Waals surface area contributed by atoms with Gasteiger partial charge in [0.15, 0.2) is 22.7 Å². The summed E-state index contributed by atoms with van der Waals surface area (Å²) in [6.45, 7) is 1.79. The summed E-state index contributed by atoms with van der Waals surface area (Å²) in [6, 6.07) is 4.96. The van der Waals surface area contributed by atoms with Crippen LogP contribution in [0, 0.1) is 0 Å². The molecule has 0 atom stereocenters. The average Bonchev–Trinajstić information content (AvgIpc) is 2.71. The molecule has 2 aromatic carbocycles. The van der Waals surface area contributed by atoms with E-state index in [4.69, 9.17) is 28.2 Å². The molecule has 0 aliphatic carbocycles. The van der Waals surface area contributed by atoms with E-state index in [2.05, 4.69) is 0 Å². The summed E-state index contributed by atoms with van der Waals surface area (Å²) in [4.78, 5) is 35.5. The number of hydrogen-bond donors (Lipinski definition) is 1. The number of methoxy groups -OCH3 is 2. The third-order valence-electron chi connectivity index (χ3n) is 4.85. The number of aliphatic carboxylic acids is 1. The summed E-state index contributed by atoms with van der Waals surface area (Å²) < 4.78 is 21.9. The van der Waals surface area contributed by atoms with Gasteiger partial charge >= 0.3 is 11.3 Å². The number of rotatable bonds is 5. The molecule has 0 fully saturated rings. The monoisotopic (exact) mass is 429 g/mol. The van der Waals surface area contributed by atoms with Crippen LogP contribution in [0.3, 0.4) is 0 Å². The van der Waals surface area contributed by atoms with Crippen LogP contribution in [0.2, 0.25) is 0 Å². The molecule has 0 unspecified atom stereocenters. The van der Waals surface area contributed by atoms with Gasteiger partial charge in [-0.15, -0.1) is 0 Å². The Kier molecular flexibility index (Phi) is 6.16. The lowest BCUT2D eigenvalue weighted by atomic mass is 9.97. The molecular formula is C22H23NO8. The van der Waals surface area contributed by atoms with E-state index in [1.54, 1.807) is 18.2 Å². The Morgan fingerprint density at radius 3 is 2.13 bits per heavy atom. The maximum atomic E-state index is 12.9. The first-order valence-electron chi connectivity index (χ1n) is 9.55. The van der Waals surface area contributed by atoms with Crippen LogP contribution >= 0.6 is 0 Å². The van der Waals surface area contributed by atoms with Crippen molar-refractivity contribution in [3.63, 3.8) is 0 Å². The summed E-state index contributed by atoms with van der Waals surface area (Å²) in [7, 11) is 7.08. The summed E-state index contributed by atoms with van der Waals surface area (Å²) in [6.07, 6.45) is 0.652. The van der Waals surface area contributed by atoms with Gasteiger partial charge in [-0.3, -0.25) is 0 Å². The van der Waals surface area contributed by atoms with Gasteiger partial charge in [0, 0.05) is 23.2 Å². The minimum absolute atomic E-state index is 0.239. The van der Waals surface area contributed by atoms with Gasteiger partial charge in [-0.2, -0.15) is 0 Å². The standard InChI is InChI=1S/C20H19NO6.C2H4O2/c1-21(2)8-7-10-9-13(25-4)18-16-14(10)20(23)27-17-12(24-3)6-5-11(15(16)17)19(22)26-18;1-2(3)4/h5-6,9H,7-8H2,1-4H3;1H3,(H,3,4). The molecule has 0 bridgehead atoms. The molecule has 0 saturated carbocycles. The molecule has 9 nitrogen and oxygen atoms in total. The van der Waals surface area contributed by atoms with E-state index >= 15 is 0 Å². The lowest BCUT2D eigenvalue weighted by molar-refractivity contribution is -0.858. The summed E-state index contributed by atoms with van der Waals surface area (Å²) in [5.74, 6) is -0.282. The highest BCUT2D eigenvalue weighted by Gasteiger charge is 2.24. The van der Waals surface area contributed by atoms with E-state index in [1.807, 2.05) is 14.1 Å². The third-order valence-corrected chi connectivity index (χ3v) is 4.85. The second-order valence-electron chi connectivity index (χ2n) is 7.31. The van der Waals surface area contributed by atoms with Crippen LogP contribution in [-0.2, 0) is 11.2 Å². The number of quaternary nitrogens is 1. The lowest BCUT2D eigenvalue weighted by Crippen LogP contribution is -3.05. The largest absolute Gasteiger partial charge is 0.550 e. The number of hydrogen-bond acceptors (Lipinski definition) is 8. The van der Waals surface area contributed by atoms with Gasteiger partial charge < -0.3 is 33.1 Å². The Hall–Kier alpha value is -3.59. The highest BCUT2D eigenvalue weighted by molar-refractivity contribution is 6.21. The SMILES string of the molecule is CC(=O)[O-].COc1ccc2c(=O)oc3c(OC)cc(CC[NH+](C)C)c4c(=O)oc1c2c34. The maximum absolute atomic E-state index is 12.9. The molecule has 0 aliphatic rings. The first-order chi connectivity index (χ1) is 14.7. The number of carbonyl (C=O) groups excluding carboxylic acids is 1. The quantitative estimate of drug-likeness (QED) is 0.346. The van der Waals surface area contributed by atoms with Crippen molar-refractivity contribution in [1.29, 1.82) is 0 Å². The molecule has 0 amide bonds. The van der Waals surface area contributed by atoms with Crippen molar-refractivity contribution in [2.75, 3.05) is 34.9 Å². The van der Waals surface area contributed by atoms with Gasteiger partial charge in [0.25, 0.3) is 0 Å². The van der Waals surface area contributed by atoms with Gasteiger partial charge in [-0.1, -0.05) is 0 Å². The second-order valence-corrected chi connectivity index (χ2v) is 7.31. The van der Waals surface area contributed by atoms with Gasteiger partial charge in [-0.05, 0) is 30.7 Å². The zero-order valence-electron chi connectivity index (χ0n) is 17.9. The first-order valence-corrected chi connectivity index (χ1v) is 9.55. The molecule has 164 valence electrons. The molecule has 1 N–H and O–H groups in total. The zero-order valence-corrected chi connectivity index (χ0v) is 17.9. The van der Waals surface area contributed by atoms with Crippen LogP contribution in [0.5, 0.6) is 11.5 Å². The van der Waals surface area contributed by atoms with E-state index in [9.17, 15) is 9.59 Å². The van der Waals surface area contributed by atoms with Crippen molar-refractivity contribution in [2.24, 2.45) is 0 Å². The van der Waals surface area contributed by atoms with Crippen molar-refractivity contribution < 1.29 is 33.1 Å². The second kappa shape index (κ2) is 8.65. The predicted octanol–water partition coefficient (Wildman–Crippen LogP) is -0.0492. The molecule has 2 heterocycles. The Labute approximate surface area is 176 Å². The lowest BCUT2D eigenvalue weighted by Gasteiger charge is -2.15. The van der Waals surface area contributed by atoms with Crippen LogP contribution in [0.25, 0.3) is 32.7 Å². The molecule has 0 radical (unpaired) electrons. The van der Waals surface area contributed by atoms with E-state index < -0.39 is 17.2 Å². The molecule has 0 spiro atoms.